The van der Waals surface area contributed by atoms with Crippen molar-refractivity contribution in [2.75, 3.05) is 13.6 Å². The Hall–Kier alpha value is -1.13. The summed E-state index contributed by atoms with van der Waals surface area (Å²) in [5.41, 5.74) is 1.40. The van der Waals surface area contributed by atoms with E-state index in [0.29, 0.717) is 18.5 Å². The van der Waals surface area contributed by atoms with Crippen LogP contribution in [0.3, 0.4) is 0 Å². The molecule has 3 nitrogen and oxygen atoms in total. The summed E-state index contributed by atoms with van der Waals surface area (Å²) in [6.45, 7) is 4.21. The van der Waals surface area contributed by atoms with Gasteiger partial charge in [-0.1, -0.05) is 12.1 Å². The highest BCUT2D eigenvalue weighted by atomic mass is 35.5. The number of hydrogen-bond acceptors (Lipinski definition) is 2. The lowest BCUT2D eigenvalue weighted by Gasteiger charge is -2.15. The van der Waals surface area contributed by atoms with E-state index in [9.17, 15) is 9.18 Å². The molecule has 0 heterocycles. The Morgan fingerprint density at radius 2 is 2.11 bits per heavy atom. The van der Waals surface area contributed by atoms with Crippen LogP contribution in [0.5, 0.6) is 0 Å². The molecular formula is C13H20ClFN2O. The molecule has 0 aliphatic carbocycles. The fraction of sp³-hybridized carbons (Fsp3) is 0.462. The summed E-state index contributed by atoms with van der Waals surface area (Å²) in [5.74, 6) is -0.272. The third kappa shape index (κ3) is 5.02. The van der Waals surface area contributed by atoms with Gasteiger partial charge in [0.1, 0.15) is 5.82 Å². The Morgan fingerprint density at radius 1 is 1.44 bits per heavy atom. The minimum absolute atomic E-state index is 0. The molecule has 1 amide bonds. The SMILES string of the molecule is CNCCC(=O)NC(C)c1ccc(C)c(F)c1.Cl. The fourth-order valence-corrected chi connectivity index (χ4v) is 1.51. The molecule has 1 atom stereocenters. The molecule has 0 spiro atoms. The first kappa shape index (κ1) is 16.9. The van der Waals surface area contributed by atoms with Crippen LogP contribution in [0.15, 0.2) is 18.2 Å². The van der Waals surface area contributed by atoms with Crippen LogP contribution in [0.25, 0.3) is 0 Å². The molecule has 18 heavy (non-hydrogen) atoms. The molecule has 0 aliphatic rings. The van der Waals surface area contributed by atoms with Crippen molar-refractivity contribution in [3.63, 3.8) is 0 Å². The van der Waals surface area contributed by atoms with Crippen molar-refractivity contribution < 1.29 is 9.18 Å². The zero-order valence-electron chi connectivity index (χ0n) is 10.9. The molecule has 1 unspecified atom stereocenters. The van der Waals surface area contributed by atoms with Gasteiger partial charge in [0.15, 0.2) is 0 Å². The van der Waals surface area contributed by atoms with Crippen LogP contribution in [-0.4, -0.2) is 19.5 Å². The molecule has 1 aromatic carbocycles. The lowest BCUT2D eigenvalue weighted by atomic mass is 10.1. The van der Waals surface area contributed by atoms with Crippen LogP contribution in [0.1, 0.15) is 30.5 Å². The van der Waals surface area contributed by atoms with Crippen molar-refractivity contribution in [3.8, 4) is 0 Å². The number of carbonyl (C=O) groups excluding carboxylic acids is 1. The van der Waals surface area contributed by atoms with E-state index < -0.39 is 0 Å². The second-order valence-corrected chi connectivity index (χ2v) is 4.15. The van der Waals surface area contributed by atoms with Crippen molar-refractivity contribution in [1.29, 1.82) is 0 Å². The van der Waals surface area contributed by atoms with E-state index in [4.69, 9.17) is 0 Å². The molecule has 0 aromatic heterocycles. The monoisotopic (exact) mass is 274 g/mol. The lowest BCUT2D eigenvalue weighted by molar-refractivity contribution is -0.121. The Balaban J connectivity index is 0.00000289. The Bertz CT molecular complexity index is 399. The summed E-state index contributed by atoms with van der Waals surface area (Å²) in [6, 6.07) is 4.86. The van der Waals surface area contributed by atoms with E-state index >= 15 is 0 Å². The summed E-state index contributed by atoms with van der Waals surface area (Å²) in [7, 11) is 1.80. The molecule has 0 saturated carbocycles. The number of hydrogen-bond donors (Lipinski definition) is 2. The van der Waals surface area contributed by atoms with Gasteiger partial charge in [-0.05, 0) is 38.1 Å². The molecule has 0 radical (unpaired) electrons. The first-order valence-corrected chi connectivity index (χ1v) is 5.74. The summed E-state index contributed by atoms with van der Waals surface area (Å²) < 4.78 is 13.4. The van der Waals surface area contributed by atoms with Gasteiger partial charge >= 0.3 is 0 Å². The van der Waals surface area contributed by atoms with Gasteiger partial charge in [0.2, 0.25) is 5.91 Å². The zero-order chi connectivity index (χ0) is 12.8. The summed E-state index contributed by atoms with van der Waals surface area (Å²) >= 11 is 0. The Kier molecular flexibility index (Phi) is 7.55. The maximum Gasteiger partial charge on any atom is 0.221 e. The number of nitrogens with one attached hydrogen (secondary N) is 2. The Morgan fingerprint density at radius 3 is 2.67 bits per heavy atom. The van der Waals surface area contributed by atoms with Gasteiger partial charge in [0.25, 0.3) is 0 Å². The molecular weight excluding hydrogens is 255 g/mol. The maximum atomic E-state index is 13.4. The van der Waals surface area contributed by atoms with E-state index in [2.05, 4.69) is 10.6 Å². The maximum absolute atomic E-state index is 13.4. The van der Waals surface area contributed by atoms with Gasteiger partial charge in [0.05, 0.1) is 6.04 Å². The summed E-state index contributed by atoms with van der Waals surface area (Å²) in [5, 5.41) is 5.74. The number of amides is 1. The van der Waals surface area contributed by atoms with Crippen LogP contribution in [0.2, 0.25) is 0 Å². The normalized spacial score (nSPS) is 11.6. The molecule has 0 aliphatic heterocycles. The third-order valence-electron chi connectivity index (χ3n) is 2.68. The van der Waals surface area contributed by atoms with E-state index in [1.54, 1.807) is 20.0 Å². The average molecular weight is 275 g/mol. The van der Waals surface area contributed by atoms with Gasteiger partial charge < -0.3 is 10.6 Å². The molecule has 5 heteroatoms. The number of rotatable bonds is 5. The second-order valence-electron chi connectivity index (χ2n) is 4.15. The van der Waals surface area contributed by atoms with Crippen molar-refractivity contribution in [2.24, 2.45) is 0 Å². The van der Waals surface area contributed by atoms with Crippen molar-refractivity contribution in [1.82, 2.24) is 10.6 Å². The predicted octanol–water partition coefficient (Wildman–Crippen LogP) is 2.34. The molecule has 1 aromatic rings. The van der Waals surface area contributed by atoms with Gasteiger partial charge in [-0.25, -0.2) is 4.39 Å². The smallest absolute Gasteiger partial charge is 0.221 e. The van der Waals surface area contributed by atoms with Crippen molar-refractivity contribution in [2.45, 2.75) is 26.3 Å². The Labute approximate surface area is 114 Å². The minimum Gasteiger partial charge on any atom is -0.350 e. The van der Waals surface area contributed by atoms with Crippen molar-refractivity contribution in [3.05, 3.63) is 35.1 Å². The van der Waals surface area contributed by atoms with E-state index in [0.717, 1.165) is 5.56 Å². The van der Waals surface area contributed by atoms with Crippen LogP contribution in [-0.2, 0) is 4.79 Å². The molecule has 0 fully saturated rings. The lowest BCUT2D eigenvalue weighted by Crippen LogP contribution is -2.29. The second kappa shape index (κ2) is 8.06. The van der Waals surface area contributed by atoms with Gasteiger partial charge in [-0.2, -0.15) is 0 Å². The molecule has 0 saturated heterocycles. The predicted molar refractivity (Wildman–Crippen MR) is 73.5 cm³/mol. The van der Waals surface area contributed by atoms with Crippen LogP contribution in [0.4, 0.5) is 4.39 Å². The fourth-order valence-electron chi connectivity index (χ4n) is 1.51. The third-order valence-corrected chi connectivity index (χ3v) is 2.68. The summed E-state index contributed by atoms with van der Waals surface area (Å²) in [4.78, 5) is 11.5. The topological polar surface area (TPSA) is 41.1 Å². The quantitative estimate of drug-likeness (QED) is 0.865. The number of benzene rings is 1. The first-order chi connectivity index (χ1) is 8.04. The van der Waals surface area contributed by atoms with Gasteiger partial charge in [-0.15, -0.1) is 12.4 Å². The molecule has 2 N–H and O–H groups in total. The summed E-state index contributed by atoms with van der Waals surface area (Å²) in [6.07, 6.45) is 0.426. The van der Waals surface area contributed by atoms with E-state index in [1.807, 2.05) is 13.0 Å². The molecule has 102 valence electrons. The molecule has 0 bridgehead atoms. The number of carbonyl (C=O) groups is 1. The van der Waals surface area contributed by atoms with Gasteiger partial charge in [-0.3, -0.25) is 4.79 Å². The highest BCUT2D eigenvalue weighted by Gasteiger charge is 2.10. The molecule has 1 rings (SSSR count). The van der Waals surface area contributed by atoms with Gasteiger partial charge in [0, 0.05) is 13.0 Å². The number of halogens is 2. The van der Waals surface area contributed by atoms with E-state index in [-0.39, 0.29) is 30.2 Å². The average Bonchev–Trinajstić information content (AvgIpc) is 2.30. The first-order valence-electron chi connectivity index (χ1n) is 5.74. The van der Waals surface area contributed by atoms with Crippen LogP contribution in [0, 0.1) is 12.7 Å². The van der Waals surface area contributed by atoms with Crippen LogP contribution < -0.4 is 10.6 Å². The zero-order valence-corrected chi connectivity index (χ0v) is 11.7. The largest absolute Gasteiger partial charge is 0.350 e. The van der Waals surface area contributed by atoms with Crippen molar-refractivity contribution >= 4 is 18.3 Å². The van der Waals surface area contributed by atoms with E-state index in [1.165, 1.54) is 6.07 Å². The standard InChI is InChI=1S/C13H19FN2O.ClH/c1-9-4-5-11(8-12(9)14)10(2)16-13(17)6-7-15-3;/h4-5,8,10,15H,6-7H2,1-3H3,(H,16,17);1H. The highest BCUT2D eigenvalue weighted by Crippen LogP contribution is 2.16. The number of aryl methyl sites for hydroxylation is 1. The minimum atomic E-state index is -0.237. The highest BCUT2D eigenvalue weighted by molar-refractivity contribution is 5.85. The van der Waals surface area contributed by atoms with Crippen LogP contribution >= 0.6 is 12.4 Å².